The molecule has 1 N–H and O–H groups in total. The number of thiazole rings is 1. The second-order valence-corrected chi connectivity index (χ2v) is 7.38. The summed E-state index contributed by atoms with van der Waals surface area (Å²) in [7, 11) is 3.08. The maximum atomic E-state index is 12.5. The second kappa shape index (κ2) is 8.51. The summed E-state index contributed by atoms with van der Waals surface area (Å²) in [5.41, 5.74) is 1.50. The van der Waals surface area contributed by atoms with Gasteiger partial charge in [0.15, 0.2) is 22.2 Å². The van der Waals surface area contributed by atoms with Gasteiger partial charge in [-0.1, -0.05) is 0 Å². The summed E-state index contributed by atoms with van der Waals surface area (Å²) in [6.07, 6.45) is 0. The van der Waals surface area contributed by atoms with Gasteiger partial charge in [-0.15, -0.1) is 11.3 Å². The van der Waals surface area contributed by atoms with Crippen LogP contribution >= 0.6 is 11.3 Å². The number of non-ortho nitro benzene ring substituents is 1. The molecule has 0 aliphatic rings. The molecular weight excluding hydrogens is 440 g/mol. The van der Waals surface area contributed by atoms with Gasteiger partial charge in [-0.05, 0) is 24.3 Å². The fourth-order valence-electron chi connectivity index (χ4n) is 3.08. The Morgan fingerprint density at radius 1 is 1.22 bits per heavy atom. The minimum absolute atomic E-state index is 0.0296. The molecule has 0 bridgehead atoms. The number of carbonyl (C=O) groups excluding carboxylic acids is 1. The van der Waals surface area contributed by atoms with Crippen LogP contribution in [0.1, 0.15) is 0 Å². The molecule has 2 aromatic heterocycles. The number of nitro benzene ring substituents is 1. The predicted molar refractivity (Wildman–Crippen MR) is 116 cm³/mol. The molecule has 2 heterocycles. The average molecular weight is 456 g/mol. The molecule has 32 heavy (non-hydrogen) atoms. The molecule has 0 aliphatic heterocycles. The number of carbonyl (C=O) groups is 1. The van der Waals surface area contributed by atoms with Crippen LogP contribution in [0.2, 0.25) is 0 Å². The SMILES string of the molecule is COc1ccc(-c2csc(NC(=O)Cn3c(=O)oc4cc([N+](=O)[O-])ccc43)n2)cc1OC. The molecular formula is C20H16N4O7S. The quantitative estimate of drug-likeness (QED) is 0.330. The van der Waals surface area contributed by atoms with E-state index in [2.05, 4.69) is 10.3 Å². The van der Waals surface area contributed by atoms with Crippen molar-refractivity contribution in [3.63, 3.8) is 0 Å². The van der Waals surface area contributed by atoms with E-state index in [1.54, 1.807) is 24.6 Å². The third-order valence-corrected chi connectivity index (χ3v) is 5.35. The fraction of sp³-hybridized carbons (Fsp3) is 0.150. The van der Waals surface area contributed by atoms with Gasteiger partial charge >= 0.3 is 5.76 Å². The topological polar surface area (TPSA) is 139 Å². The van der Waals surface area contributed by atoms with Crippen LogP contribution in [-0.4, -0.2) is 34.6 Å². The number of ether oxygens (including phenoxy) is 2. The molecule has 4 rings (SSSR count). The van der Waals surface area contributed by atoms with Gasteiger partial charge in [0, 0.05) is 17.0 Å². The zero-order valence-corrected chi connectivity index (χ0v) is 17.7. The minimum atomic E-state index is -0.791. The van der Waals surface area contributed by atoms with E-state index in [4.69, 9.17) is 13.9 Å². The van der Waals surface area contributed by atoms with Gasteiger partial charge in [0.2, 0.25) is 5.91 Å². The number of hydrogen-bond acceptors (Lipinski definition) is 9. The number of oxazole rings is 1. The monoisotopic (exact) mass is 456 g/mol. The Balaban J connectivity index is 1.51. The van der Waals surface area contributed by atoms with Crippen molar-refractivity contribution in [3.05, 3.63) is 62.4 Å². The van der Waals surface area contributed by atoms with Gasteiger partial charge in [0.05, 0.1) is 36.4 Å². The van der Waals surface area contributed by atoms with E-state index >= 15 is 0 Å². The van der Waals surface area contributed by atoms with Crippen molar-refractivity contribution in [2.45, 2.75) is 6.54 Å². The predicted octanol–water partition coefficient (Wildman–Crippen LogP) is 3.28. The smallest absolute Gasteiger partial charge is 0.420 e. The van der Waals surface area contributed by atoms with E-state index in [9.17, 15) is 19.7 Å². The number of anilines is 1. The van der Waals surface area contributed by atoms with Crippen molar-refractivity contribution in [1.82, 2.24) is 9.55 Å². The van der Waals surface area contributed by atoms with Crippen LogP contribution in [0, 0.1) is 10.1 Å². The van der Waals surface area contributed by atoms with Crippen molar-refractivity contribution < 1.29 is 23.6 Å². The van der Waals surface area contributed by atoms with Gasteiger partial charge < -0.3 is 19.2 Å². The molecule has 12 heteroatoms. The van der Waals surface area contributed by atoms with Crippen LogP contribution in [0.3, 0.4) is 0 Å². The first-order chi connectivity index (χ1) is 15.4. The number of aromatic nitrogens is 2. The summed E-state index contributed by atoms with van der Waals surface area (Å²) in [6.45, 7) is -0.338. The molecule has 0 radical (unpaired) electrons. The number of rotatable bonds is 7. The third kappa shape index (κ3) is 4.03. The molecule has 0 fully saturated rings. The molecule has 1 amide bonds. The summed E-state index contributed by atoms with van der Waals surface area (Å²) in [4.78, 5) is 39.3. The average Bonchev–Trinajstić information content (AvgIpc) is 3.37. The maximum absolute atomic E-state index is 12.5. The highest BCUT2D eigenvalue weighted by molar-refractivity contribution is 7.14. The van der Waals surface area contributed by atoms with Crippen LogP contribution in [0.4, 0.5) is 10.8 Å². The Morgan fingerprint density at radius 3 is 2.72 bits per heavy atom. The lowest BCUT2D eigenvalue weighted by Crippen LogP contribution is -2.24. The minimum Gasteiger partial charge on any atom is -0.493 e. The molecule has 0 saturated heterocycles. The lowest BCUT2D eigenvalue weighted by atomic mass is 10.1. The zero-order valence-electron chi connectivity index (χ0n) is 16.9. The van der Waals surface area contributed by atoms with Crippen LogP contribution in [0.15, 0.2) is 51.0 Å². The third-order valence-electron chi connectivity index (χ3n) is 4.59. The van der Waals surface area contributed by atoms with Crippen molar-refractivity contribution >= 4 is 39.2 Å². The number of hydrogen-bond donors (Lipinski definition) is 1. The number of benzene rings is 2. The first-order valence-electron chi connectivity index (χ1n) is 9.15. The number of methoxy groups -OCH3 is 2. The fourth-order valence-corrected chi connectivity index (χ4v) is 3.82. The highest BCUT2D eigenvalue weighted by Crippen LogP contribution is 2.33. The first-order valence-corrected chi connectivity index (χ1v) is 10.0. The van der Waals surface area contributed by atoms with Crippen LogP contribution < -0.4 is 20.5 Å². The number of amides is 1. The summed E-state index contributed by atoms with van der Waals surface area (Å²) < 4.78 is 16.6. The summed E-state index contributed by atoms with van der Waals surface area (Å²) >= 11 is 1.22. The Morgan fingerprint density at radius 2 is 2.00 bits per heavy atom. The van der Waals surface area contributed by atoms with E-state index in [0.717, 1.165) is 16.2 Å². The Hall–Kier alpha value is -4.19. The molecule has 11 nitrogen and oxygen atoms in total. The number of nitrogens with one attached hydrogen (secondary N) is 1. The lowest BCUT2D eigenvalue weighted by molar-refractivity contribution is -0.384. The number of fused-ring (bicyclic) bond motifs is 1. The Bertz CT molecular complexity index is 1390. The van der Waals surface area contributed by atoms with E-state index in [-0.39, 0.29) is 23.3 Å². The highest BCUT2D eigenvalue weighted by atomic mass is 32.1. The summed E-state index contributed by atoms with van der Waals surface area (Å²) in [6, 6.07) is 9.09. The Kier molecular flexibility index (Phi) is 5.60. The largest absolute Gasteiger partial charge is 0.493 e. The first kappa shape index (κ1) is 21.1. The van der Waals surface area contributed by atoms with Gasteiger partial charge in [-0.2, -0.15) is 0 Å². The van der Waals surface area contributed by atoms with Crippen molar-refractivity contribution in [2.24, 2.45) is 0 Å². The lowest BCUT2D eigenvalue weighted by Gasteiger charge is -2.08. The maximum Gasteiger partial charge on any atom is 0.420 e. The molecule has 0 atom stereocenters. The molecule has 0 spiro atoms. The van der Waals surface area contributed by atoms with Gasteiger partial charge in [-0.25, -0.2) is 9.78 Å². The van der Waals surface area contributed by atoms with Gasteiger partial charge in [-0.3, -0.25) is 19.5 Å². The summed E-state index contributed by atoms with van der Waals surface area (Å²) in [5.74, 6) is -0.152. The van der Waals surface area contributed by atoms with Crippen molar-refractivity contribution in [2.75, 3.05) is 19.5 Å². The van der Waals surface area contributed by atoms with E-state index < -0.39 is 16.6 Å². The van der Waals surface area contributed by atoms with Crippen LogP contribution in [0.25, 0.3) is 22.4 Å². The molecule has 2 aromatic carbocycles. The van der Waals surface area contributed by atoms with E-state index in [1.807, 2.05) is 6.07 Å². The molecule has 0 unspecified atom stereocenters. The van der Waals surface area contributed by atoms with Crippen molar-refractivity contribution in [3.8, 4) is 22.8 Å². The number of nitro groups is 1. The van der Waals surface area contributed by atoms with Crippen LogP contribution in [-0.2, 0) is 11.3 Å². The molecule has 0 aliphatic carbocycles. The molecule has 4 aromatic rings. The van der Waals surface area contributed by atoms with Gasteiger partial charge in [0.1, 0.15) is 6.54 Å². The summed E-state index contributed by atoms with van der Waals surface area (Å²) in [5, 5.41) is 15.6. The number of nitrogens with zero attached hydrogens (tertiary/aromatic N) is 3. The van der Waals surface area contributed by atoms with Crippen LogP contribution in [0.5, 0.6) is 11.5 Å². The normalized spacial score (nSPS) is 10.8. The standard InChI is InChI=1S/C20H16N4O7S/c1-29-15-6-3-11(7-17(15)30-2)13-10-32-19(21-13)22-18(25)9-23-14-5-4-12(24(27)28)8-16(14)31-20(23)26/h3-8,10H,9H2,1-2H3,(H,21,22,25). The highest BCUT2D eigenvalue weighted by Gasteiger charge is 2.17. The molecule has 164 valence electrons. The Labute approximate surface area is 184 Å². The second-order valence-electron chi connectivity index (χ2n) is 6.52. The van der Waals surface area contributed by atoms with Crippen molar-refractivity contribution in [1.29, 1.82) is 0 Å². The zero-order chi connectivity index (χ0) is 22.8. The molecule has 0 saturated carbocycles. The van der Waals surface area contributed by atoms with Gasteiger partial charge in [0.25, 0.3) is 5.69 Å². The van der Waals surface area contributed by atoms with E-state index in [0.29, 0.717) is 22.3 Å². The van der Waals surface area contributed by atoms with E-state index in [1.165, 1.54) is 30.6 Å².